The third-order valence-electron chi connectivity index (χ3n) is 2.91. The summed E-state index contributed by atoms with van der Waals surface area (Å²) < 4.78 is 49.5. The fraction of sp³-hybridized carbons (Fsp3) is 0.188. The first-order valence-electron chi connectivity index (χ1n) is 6.63. The molecule has 0 aliphatic rings. The van der Waals surface area contributed by atoms with E-state index in [1.807, 2.05) is 0 Å². The quantitative estimate of drug-likeness (QED) is 0.669. The largest absolute Gasteiger partial charge is 0.497 e. The van der Waals surface area contributed by atoms with Gasteiger partial charge >= 0.3 is 6.18 Å². The standard InChI is InChI=1S/C16H15F3N2O2/c1-22-13-8-6-11(7-9-13)20-15(16(17,18)19)21-12-4-3-5-14(10-12)23-2/h3-10H,1-2H3,(H,20,21). The first kappa shape index (κ1) is 16.7. The van der Waals surface area contributed by atoms with E-state index >= 15 is 0 Å². The highest BCUT2D eigenvalue weighted by Gasteiger charge is 2.36. The molecule has 23 heavy (non-hydrogen) atoms. The molecule has 0 heterocycles. The zero-order valence-corrected chi connectivity index (χ0v) is 12.5. The van der Waals surface area contributed by atoms with Gasteiger partial charge in [-0.2, -0.15) is 13.2 Å². The Labute approximate surface area is 131 Å². The second-order valence-corrected chi connectivity index (χ2v) is 4.51. The second-order valence-electron chi connectivity index (χ2n) is 4.51. The lowest BCUT2D eigenvalue weighted by atomic mass is 10.3. The SMILES string of the molecule is COc1ccc(N=C(Nc2cccc(OC)c2)C(F)(F)F)cc1. The lowest BCUT2D eigenvalue weighted by Gasteiger charge is -2.14. The molecule has 0 aromatic heterocycles. The molecule has 0 fully saturated rings. The molecule has 0 radical (unpaired) electrons. The highest BCUT2D eigenvalue weighted by Crippen LogP contribution is 2.25. The van der Waals surface area contributed by atoms with E-state index < -0.39 is 12.0 Å². The summed E-state index contributed by atoms with van der Waals surface area (Å²) in [6, 6.07) is 12.1. The maximum absolute atomic E-state index is 13.2. The van der Waals surface area contributed by atoms with Gasteiger partial charge in [0.25, 0.3) is 0 Å². The molecular formula is C16H15F3N2O2. The highest BCUT2D eigenvalue weighted by atomic mass is 19.4. The summed E-state index contributed by atoms with van der Waals surface area (Å²) >= 11 is 0. The molecule has 2 aromatic rings. The number of amidine groups is 1. The van der Waals surface area contributed by atoms with Crippen LogP contribution in [0.15, 0.2) is 53.5 Å². The van der Waals surface area contributed by atoms with Gasteiger partial charge in [0.2, 0.25) is 5.84 Å². The van der Waals surface area contributed by atoms with Crippen molar-refractivity contribution in [3.63, 3.8) is 0 Å². The summed E-state index contributed by atoms with van der Waals surface area (Å²) in [5, 5.41) is 2.28. The number of benzene rings is 2. The van der Waals surface area contributed by atoms with E-state index in [1.165, 1.54) is 38.5 Å². The summed E-state index contributed by atoms with van der Waals surface area (Å²) in [6.45, 7) is 0. The molecule has 0 amide bonds. The average molecular weight is 324 g/mol. The fourth-order valence-electron chi connectivity index (χ4n) is 1.79. The summed E-state index contributed by atoms with van der Waals surface area (Å²) in [5.74, 6) is -0.129. The van der Waals surface area contributed by atoms with Gasteiger partial charge in [0.05, 0.1) is 19.9 Å². The molecule has 1 N–H and O–H groups in total. The zero-order chi connectivity index (χ0) is 16.9. The van der Waals surface area contributed by atoms with E-state index in [2.05, 4.69) is 10.3 Å². The molecule has 0 aliphatic heterocycles. The number of nitrogens with one attached hydrogen (secondary N) is 1. The second kappa shape index (κ2) is 7.04. The molecule has 0 atom stereocenters. The molecule has 122 valence electrons. The minimum absolute atomic E-state index is 0.161. The Kier molecular flexibility index (Phi) is 5.10. The van der Waals surface area contributed by atoms with Gasteiger partial charge < -0.3 is 14.8 Å². The van der Waals surface area contributed by atoms with E-state index in [4.69, 9.17) is 9.47 Å². The average Bonchev–Trinajstić information content (AvgIpc) is 2.54. The van der Waals surface area contributed by atoms with Crippen LogP contribution in [-0.4, -0.2) is 26.2 Å². The first-order chi connectivity index (χ1) is 10.9. The van der Waals surface area contributed by atoms with E-state index in [0.717, 1.165) is 0 Å². The predicted octanol–water partition coefficient (Wildman–Crippen LogP) is 4.41. The Balaban J connectivity index is 2.30. The van der Waals surface area contributed by atoms with Gasteiger partial charge in [0.1, 0.15) is 11.5 Å². The van der Waals surface area contributed by atoms with E-state index in [1.54, 1.807) is 24.3 Å². The molecule has 7 heteroatoms. The van der Waals surface area contributed by atoms with E-state index in [9.17, 15) is 13.2 Å². The number of anilines is 1. The van der Waals surface area contributed by atoms with E-state index in [0.29, 0.717) is 11.5 Å². The summed E-state index contributed by atoms with van der Waals surface area (Å²) in [4.78, 5) is 3.64. The molecule has 2 rings (SSSR count). The van der Waals surface area contributed by atoms with Crippen molar-refractivity contribution < 1.29 is 22.6 Å². The van der Waals surface area contributed by atoms with Crippen LogP contribution in [0.3, 0.4) is 0 Å². The Morgan fingerprint density at radius 3 is 2.17 bits per heavy atom. The molecule has 2 aromatic carbocycles. The fourth-order valence-corrected chi connectivity index (χ4v) is 1.79. The van der Waals surface area contributed by atoms with Crippen molar-refractivity contribution >= 4 is 17.2 Å². The van der Waals surface area contributed by atoms with Crippen LogP contribution in [0.5, 0.6) is 11.5 Å². The summed E-state index contributed by atoms with van der Waals surface area (Å²) in [6.07, 6.45) is -4.62. The van der Waals surface area contributed by atoms with Crippen molar-refractivity contribution in [2.75, 3.05) is 19.5 Å². The van der Waals surface area contributed by atoms with Crippen LogP contribution < -0.4 is 14.8 Å². The summed E-state index contributed by atoms with van der Waals surface area (Å²) in [7, 11) is 2.92. The van der Waals surface area contributed by atoms with Crippen LogP contribution >= 0.6 is 0 Å². The maximum atomic E-state index is 13.2. The van der Waals surface area contributed by atoms with Crippen molar-refractivity contribution in [2.24, 2.45) is 4.99 Å². The normalized spacial score (nSPS) is 12.0. The van der Waals surface area contributed by atoms with Crippen LogP contribution in [0, 0.1) is 0 Å². The highest BCUT2D eigenvalue weighted by molar-refractivity contribution is 6.01. The predicted molar refractivity (Wildman–Crippen MR) is 82.8 cm³/mol. The topological polar surface area (TPSA) is 42.8 Å². The molecule has 0 unspecified atom stereocenters. The number of hydrogen-bond acceptors (Lipinski definition) is 3. The Hall–Kier alpha value is -2.70. The number of hydrogen-bond donors (Lipinski definition) is 1. The third kappa shape index (κ3) is 4.64. The lowest BCUT2D eigenvalue weighted by Crippen LogP contribution is -2.30. The van der Waals surface area contributed by atoms with Crippen molar-refractivity contribution in [3.05, 3.63) is 48.5 Å². The van der Waals surface area contributed by atoms with Gasteiger partial charge in [-0.05, 0) is 36.4 Å². The Morgan fingerprint density at radius 1 is 0.957 bits per heavy atom. The number of ether oxygens (including phenoxy) is 2. The van der Waals surface area contributed by atoms with Crippen LogP contribution in [0.4, 0.5) is 24.5 Å². The molecule has 4 nitrogen and oxygen atoms in total. The number of aliphatic imine (C=N–C) groups is 1. The molecule has 0 saturated heterocycles. The monoisotopic (exact) mass is 324 g/mol. The number of alkyl halides is 3. The van der Waals surface area contributed by atoms with Crippen LogP contribution in [0.1, 0.15) is 0 Å². The van der Waals surface area contributed by atoms with E-state index in [-0.39, 0.29) is 11.4 Å². The zero-order valence-electron chi connectivity index (χ0n) is 12.5. The van der Waals surface area contributed by atoms with Gasteiger partial charge in [-0.1, -0.05) is 6.07 Å². The molecule has 0 saturated carbocycles. The minimum Gasteiger partial charge on any atom is -0.497 e. The number of nitrogens with zero attached hydrogens (tertiary/aromatic N) is 1. The van der Waals surface area contributed by atoms with Crippen molar-refractivity contribution in [3.8, 4) is 11.5 Å². The third-order valence-corrected chi connectivity index (χ3v) is 2.91. The van der Waals surface area contributed by atoms with Crippen LogP contribution in [-0.2, 0) is 0 Å². The van der Waals surface area contributed by atoms with Crippen molar-refractivity contribution in [1.82, 2.24) is 0 Å². The Bertz CT molecular complexity index is 682. The smallest absolute Gasteiger partial charge is 0.449 e. The van der Waals surface area contributed by atoms with Crippen LogP contribution in [0.2, 0.25) is 0 Å². The maximum Gasteiger partial charge on any atom is 0.449 e. The lowest BCUT2D eigenvalue weighted by molar-refractivity contribution is -0.0586. The van der Waals surface area contributed by atoms with Gasteiger partial charge in [0, 0.05) is 11.8 Å². The van der Waals surface area contributed by atoms with Crippen LogP contribution in [0.25, 0.3) is 0 Å². The Morgan fingerprint density at radius 2 is 1.61 bits per heavy atom. The molecule has 0 bridgehead atoms. The summed E-state index contributed by atoms with van der Waals surface area (Å²) in [5.41, 5.74) is 0.391. The van der Waals surface area contributed by atoms with Gasteiger partial charge in [-0.3, -0.25) is 0 Å². The molecule has 0 spiro atoms. The van der Waals surface area contributed by atoms with Gasteiger partial charge in [-0.25, -0.2) is 4.99 Å². The number of methoxy groups -OCH3 is 2. The molecular weight excluding hydrogens is 309 g/mol. The minimum atomic E-state index is -4.62. The number of halogens is 3. The first-order valence-corrected chi connectivity index (χ1v) is 6.63. The number of rotatable bonds is 4. The van der Waals surface area contributed by atoms with Gasteiger partial charge in [-0.15, -0.1) is 0 Å². The van der Waals surface area contributed by atoms with Crippen molar-refractivity contribution in [1.29, 1.82) is 0 Å². The van der Waals surface area contributed by atoms with Gasteiger partial charge in [0.15, 0.2) is 0 Å². The van der Waals surface area contributed by atoms with Crippen molar-refractivity contribution in [2.45, 2.75) is 6.18 Å². The molecule has 0 aliphatic carbocycles.